The maximum atomic E-state index is 13.4. The Kier molecular flexibility index (Phi) is 5.74. The van der Waals surface area contributed by atoms with Crippen molar-refractivity contribution in [3.8, 4) is 16.9 Å². The van der Waals surface area contributed by atoms with Crippen LogP contribution in [0.1, 0.15) is 35.7 Å². The van der Waals surface area contributed by atoms with Gasteiger partial charge in [-0.15, -0.1) is 0 Å². The number of aromatic nitrogens is 4. The van der Waals surface area contributed by atoms with E-state index >= 15 is 0 Å². The highest BCUT2D eigenvalue weighted by Crippen LogP contribution is 2.22. The Hall–Kier alpha value is -4.52. The lowest BCUT2D eigenvalue weighted by molar-refractivity contribution is 0.0929. The number of carbonyl (C=O) groups is 1. The minimum atomic E-state index is -0.370. The molecule has 1 atom stereocenters. The SMILES string of the molecule is CCC(NC(=O)c1nn(-c2ccccc2)c(=O)c2ccccc12)c1ncc(-c2ccccc2)[nH]1. The largest absolute Gasteiger partial charge is 0.341 e. The van der Waals surface area contributed by atoms with Crippen LogP contribution in [0.4, 0.5) is 0 Å². The first-order valence-electron chi connectivity index (χ1n) is 11.1. The Morgan fingerprint density at radius 2 is 1.59 bits per heavy atom. The highest BCUT2D eigenvalue weighted by molar-refractivity contribution is 6.05. The molecule has 0 aliphatic heterocycles. The number of imidazole rings is 1. The molecular weight excluding hydrogens is 426 g/mol. The van der Waals surface area contributed by atoms with Gasteiger partial charge in [0, 0.05) is 5.39 Å². The van der Waals surface area contributed by atoms with E-state index in [0.29, 0.717) is 28.7 Å². The molecule has 3 aromatic carbocycles. The average Bonchev–Trinajstić information content (AvgIpc) is 3.39. The predicted molar refractivity (Wildman–Crippen MR) is 132 cm³/mol. The molecule has 1 amide bonds. The smallest absolute Gasteiger partial charge is 0.279 e. The molecule has 7 nitrogen and oxygen atoms in total. The van der Waals surface area contributed by atoms with Gasteiger partial charge in [0.25, 0.3) is 11.5 Å². The molecule has 0 aliphatic carbocycles. The molecule has 2 heterocycles. The van der Waals surface area contributed by atoms with Gasteiger partial charge in [-0.1, -0.05) is 73.7 Å². The van der Waals surface area contributed by atoms with Crippen LogP contribution < -0.4 is 10.9 Å². The van der Waals surface area contributed by atoms with Gasteiger partial charge < -0.3 is 10.3 Å². The monoisotopic (exact) mass is 449 g/mol. The van der Waals surface area contributed by atoms with Gasteiger partial charge in [0.1, 0.15) is 5.82 Å². The summed E-state index contributed by atoms with van der Waals surface area (Å²) in [6.45, 7) is 1.98. The Balaban J connectivity index is 1.51. The Morgan fingerprint density at radius 3 is 2.29 bits per heavy atom. The van der Waals surface area contributed by atoms with E-state index in [-0.39, 0.29) is 23.2 Å². The second-order valence-electron chi connectivity index (χ2n) is 7.93. The zero-order chi connectivity index (χ0) is 23.5. The fraction of sp³-hybridized carbons (Fsp3) is 0.111. The molecule has 0 fully saturated rings. The summed E-state index contributed by atoms with van der Waals surface area (Å²) in [6.07, 6.45) is 2.40. The fourth-order valence-corrected chi connectivity index (χ4v) is 3.97. The van der Waals surface area contributed by atoms with Crippen LogP contribution in [0.2, 0.25) is 0 Å². The number of nitrogens with one attached hydrogen (secondary N) is 2. The maximum Gasteiger partial charge on any atom is 0.279 e. The topological polar surface area (TPSA) is 92.7 Å². The van der Waals surface area contributed by atoms with E-state index in [4.69, 9.17) is 0 Å². The van der Waals surface area contributed by atoms with Crippen molar-refractivity contribution in [3.63, 3.8) is 0 Å². The lowest BCUT2D eigenvalue weighted by Crippen LogP contribution is -2.32. The zero-order valence-corrected chi connectivity index (χ0v) is 18.6. The van der Waals surface area contributed by atoms with Gasteiger partial charge in [-0.25, -0.2) is 4.98 Å². The Morgan fingerprint density at radius 1 is 0.941 bits per heavy atom. The van der Waals surface area contributed by atoms with Crippen molar-refractivity contribution in [1.29, 1.82) is 0 Å². The number of hydrogen-bond acceptors (Lipinski definition) is 4. The number of nitrogens with zero attached hydrogens (tertiary/aromatic N) is 3. The van der Waals surface area contributed by atoms with Gasteiger partial charge in [-0.2, -0.15) is 9.78 Å². The molecule has 0 bridgehead atoms. The summed E-state index contributed by atoms with van der Waals surface area (Å²) in [4.78, 5) is 34.4. The summed E-state index contributed by atoms with van der Waals surface area (Å²) < 4.78 is 1.28. The summed E-state index contributed by atoms with van der Waals surface area (Å²) in [5, 5.41) is 8.45. The third-order valence-corrected chi connectivity index (χ3v) is 5.74. The first-order chi connectivity index (χ1) is 16.7. The number of hydrogen-bond donors (Lipinski definition) is 2. The third-order valence-electron chi connectivity index (χ3n) is 5.74. The fourth-order valence-electron chi connectivity index (χ4n) is 3.97. The molecule has 7 heteroatoms. The lowest BCUT2D eigenvalue weighted by Gasteiger charge is -2.16. The number of rotatable bonds is 6. The number of benzene rings is 3. The Bertz CT molecular complexity index is 1510. The van der Waals surface area contributed by atoms with Gasteiger partial charge in [-0.05, 0) is 30.2 Å². The summed E-state index contributed by atoms with van der Waals surface area (Å²) in [6, 6.07) is 25.7. The van der Waals surface area contributed by atoms with Crippen molar-refractivity contribution in [3.05, 3.63) is 113 Å². The van der Waals surface area contributed by atoms with Crippen LogP contribution in [-0.4, -0.2) is 25.7 Å². The van der Waals surface area contributed by atoms with Crippen LogP contribution in [0.25, 0.3) is 27.7 Å². The first-order valence-corrected chi connectivity index (χ1v) is 11.1. The van der Waals surface area contributed by atoms with Crippen LogP contribution in [0, 0.1) is 0 Å². The second-order valence-corrected chi connectivity index (χ2v) is 7.93. The van der Waals surface area contributed by atoms with E-state index in [9.17, 15) is 9.59 Å². The summed E-state index contributed by atoms with van der Waals surface area (Å²) in [7, 11) is 0. The molecule has 1 unspecified atom stereocenters. The molecular formula is C27H23N5O2. The van der Waals surface area contributed by atoms with Crippen LogP contribution in [0.5, 0.6) is 0 Å². The van der Waals surface area contributed by atoms with Crippen LogP contribution in [0.15, 0.2) is 95.9 Å². The molecule has 168 valence electrons. The Labute approximate surface area is 196 Å². The van der Waals surface area contributed by atoms with E-state index in [1.165, 1.54) is 4.68 Å². The van der Waals surface area contributed by atoms with Crippen LogP contribution in [-0.2, 0) is 0 Å². The zero-order valence-electron chi connectivity index (χ0n) is 18.6. The van der Waals surface area contributed by atoms with Crippen LogP contribution >= 0.6 is 0 Å². The van der Waals surface area contributed by atoms with E-state index in [1.807, 2.05) is 55.5 Å². The number of para-hydroxylation sites is 1. The quantitative estimate of drug-likeness (QED) is 0.394. The maximum absolute atomic E-state index is 13.4. The minimum Gasteiger partial charge on any atom is -0.341 e. The molecule has 0 spiro atoms. The average molecular weight is 450 g/mol. The number of fused-ring (bicyclic) bond motifs is 1. The van der Waals surface area contributed by atoms with Gasteiger partial charge in [0.15, 0.2) is 5.69 Å². The summed E-state index contributed by atoms with van der Waals surface area (Å²) in [5.74, 6) is 0.292. The molecule has 0 radical (unpaired) electrons. The van der Waals surface area contributed by atoms with E-state index < -0.39 is 0 Å². The van der Waals surface area contributed by atoms with Crippen molar-refractivity contribution in [2.45, 2.75) is 19.4 Å². The molecule has 0 saturated heterocycles. The number of carbonyl (C=O) groups excluding carboxylic acids is 1. The normalized spacial score (nSPS) is 11.9. The van der Waals surface area contributed by atoms with Crippen LogP contribution in [0.3, 0.4) is 0 Å². The summed E-state index contributed by atoms with van der Waals surface area (Å²) in [5.41, 5.74) is 2.41. The molecule has 2 N–H and O–H groups in total. The standard InChI is InChI=1S/C27H23N5O2/c1-2-22(25-28-17-23(29-25)18-11-5-3-6-12-18)30-26(33)24-20-15-9-10-16-21(20)27(34)32(31-24)19-13-7-4-8-14-19/h3-17,22H,2H2,1H3,(H,28,29)(H,30,33). The van der Waals surface area contributed by atoms with E-state index in [1.54, 1.807) is 42.6 Å². The summed E-state index contributed by atoms with van der Waals surface area (Å²) >= 11 is 0. The third kappa shape index (κ3) is 3.99. The first kappa shape index (κ1) is 21.3. The number of aromatic amines is 1. The molecule has 5 aromatic rings. The van der Waals surface area contributed by atoms with Gasteiger partial charge in [0.05, 0.1) is 29.0 Å². The molecule has 0 saturated carbocycles. The number of H-pyrrole nitrogens is 1. The number of amides is 1. The van der Waals surface area contributed by atoms with Gasteiger partial charge in [-0.3, -0.25) is 9.59 Å². The van der Waals surface area contributed by atoms with Crippen molar-refractivity contribution in [2.75, 3.05) is 0 Å². The van der Waals surface area contributed by atoms with Crippen molar-refractivity contribution < 1.29 is 4.79 Å². The predicted octanol–water partition coefficient (Wildman–Crippen LogP) is 4.66. The van der Waals surface area contributed by atoms with Crippen molar-refractivity contribution >= 4 is 16.7 Å². The molecule has 5 rings (SSSR count). The van der Waals surface area contributed by atoms with E-state index in [0.717, 1.165) is 11.3 Å². The lowest BCUT2D eigenvalue weighted by atomic mass is 10.1. The van der Waals surface area contributed by atoms with Gasteiger partial charge in [0.2, 0.25) is 0 Å². The van der Waals surface area contributed by atoms with E-state index in [2.05, 4.69) is 20.4 Å². The molecule has 0 aliphatic rings. The molecule has 34 heavy (non-hydrogen) atoms. The van der Waals surface area contributed by atoms with Gasteiger partial charge >= 0.3 is 0 Å². The minimum absolute atomic E-state index is 0.187. The van der Waals surface area contributed by atoms with Crippen molar-refractivity contribution in [2.24, 2.45) is 0 Å². The van der Waals surface area contributed by atoms with Crippen molar-refractivity contribution in [1.82, 2.24) is 25.1 Å². The highest BCUT2D eigenvalue weighted by atomic mass is 16.2. The molecule has 2 aromatic heterocycles. The highest BCUT2D eigenvalue weighted by Gasteiger charge is 2.22. The second kappa shape index (κ2) is 9.15.